The first-order chi connectivity index (χ1) is 17.4. The second kappa shape index (κ2) is 8.05. The fourth-order valence-corrected chi connectivity index (χ4v) is 11.6. The monoisotopic (exact) mass is 500 g/mol. The molecule has 0 bridgehead atoms. The lowest BCUT2D eigenvalue weighted by Gasteiger charge is -2.39. The van der Waals surface area contributed by atoms with E-state index < -0.39 is 8.07 Å². The summed E-state index contributed by atoms with van der Waals surface area (Å²) in [5.41, 5.74) is 16.0. The highest BCUT2D eigenvalue weighted by molar-refractivity contribution is 6.82. The van der Waals surface area contributed by atoms with E-state index >= 15 is 0 Å². The number of benzene rings is 4. The van der Waals surface area contributed by atoms with Crippen molar-refractivity contribution in [1.82, 2.24) is 0 Å². The summed E-state index contributed by atoms with van der Waals surface area (Å²) < 4.78 is 0. The van der Waals surface area contributed by atoms with Crippen LogP contribution in [0.3, 0.4) is 0 Å². The van der Waals surface area contributed by atoms with Gasteiger partial charge in [-0.05, 0) is 66.5 Å². The Balaban J connectivity index is 1.62. The molecule has 6 rings (SSSR count). The van der Waals surface area contributed by atoms with Crippen LogP contribution in [0.5, 0.6) is 0 Å². The Morgan fingerprint density at radius 2 is 0.811 bits per heavy atom. The zero-order chi connectivity index (χ0) is 26.3. The molecule has 2 aliphatic carbocycles. The number of rotatable bonds is 2. The third-order valence-corrected chi connectivity index (χ3v) is 13.3. The lowest BCUT2D eigenvalue weighted by atomic mass is 9.85. The van der Waals surface area contributed by atoms with Crippen LogP contribution >= 0.6 is 0 Å². The van der Waals surface area contributed by atoms with Gasteiger partial charge in [0, 0.05) is 11.1 Å². The summed E-state index contributed by atoms with van der Waals surface area (Å²) >= 11 is 0. The zero-order valence-electron chi connectivity index (χ0n) is 23.7. The highest BCUT2D eigenvalue weighted by Gasteiger charge is 2.49. The van der Waals surface area contributed by atoms with Gasteiger partial charge in [0.05, 0.1) is 8.07 Å². The highest BCUT2D eigenvalue weighted by atomic mass is 28.3. The third kappa shape index (κ3) is 3.69. The van der Waals surface area contributed by atoms with E-state index in [0.29, 0.717) is 11.1 Å². The van der Waals surface area contributed by atoms with Crippen LogP contribution in [0.25, 0.3) is 22.3 Å². The van der Waals surface area contributed by atoms with Crippen molar-refractivity contribution < 1.29 is 0 Å². The van der Waals surface area contributed by atoms with Crippen LogP contribution < -0.4 is 0 Å². The fraction of sp³-hybridized carbons (Fsp3) is 0.333. The van der Waals surface area contributed by atoms with E-state index in [2.05, 4.69) is 140 Å². The van der Waals surface area contributed by atoms with Crippen molar-refractivity contribution >= 4 is 8.07 Å². The molecule has 0 spiro atoms. The van der Waals surface area contributed by atoms with E-state index in [0.717, 1.165) is 0 Å². The van der Waals surface area contributed by atoms with Crippen LogP contribution in [0.1, 0.15) is 86.0 Å². The maximum Gasteiger partial charge on any atom is 0.0731 e. The summed E-state index contributed by atoms with van der Waals surface area (Å²) in [5, 5.41) is 0. The third-order valence-electron chi connectivity index (χ3n) is 9.07. The Bertz CT molecular complexity index is 1410. The topological polar surface area (TPSA) is 0 Å². The maximum atomic E-state index is 2.66. The van der Waals surface area contributed by atoms with Crippen LogP contribution in [0, 0.1) is 0 Å². The van der Waals surface area contributed by atoms with Gasteiger partial charge in [-0.25, -0.2) is 0 Å². The number of fused-ring (bicyclic) bond motifs is 6. The quantitative estimate of drug-likeness (QED) is 0.240. The molecule has 0 fully saturated rings. The molecule has 0 saturated heterocycles. The molecule has 0 unspecified atom stereocenters. The molecule has 0 nitrogen and oxygen atoms in total. The summed E-state index contributed by atoms with van der Waals surface area (Å²) in [7, 11) is -2.01. The molecule has 37 heavy (non-hydrogen) atoms. The standard InChI is InChI=1S/C36H40Si/c1-35(2,3)23-17-19-27-28-20-18-24(36(4,5)6)22-32(28)34(31(27)21-23)37(7,8)33-29-15-11-9-13-25(29)26-14-10-12-16-30(26)33/h9-22,33-34H,1-8H3. The van der Waals surface area contributed by atoms with Gasteiger partial charge in [0.25, 0.3) is 0 Å². The van der Waals surface area contributed by atoms with Gasteiger partial charge in [0.1, 0.15) is 0 Å². The van der Waals surface area contributed by atoms with Crippen LogP contribution in [-0.2, 0) is 10.8 Å². The fourth-order valence-electron chi connectivity index (χ4n) is 7.12. The lowest BCUT2D eigenvalue weighted by molar-refractivity contribution is 0.589. The second-order valence-corrected chi connectivity index (χ2v) is 18.8. The molecule has 4 aromatic rings. The minimum atomic E-state index is -2.01. The first kappa shape index (κ1) is 24.4. The van der Waals surface area contributed by atoms with E-state index in [1.54, 1.807) is 11.1 Å². The maximum absolute atomic E-state index is 2.66. The Kier molecular flexibility index (Phi) is 5.31. The molecular formula is C36H40Si. The van der Waals surface area contributed by atoms with Crippen LogP contribution in [0.2, 0.25) is 13.1 Å². The molecule has 0 heterocycles. The van der Waals surface area contributed by atoms with Crippen LogP contribution in [-0.4, -0.2) is 8.07 Å². The van der Waals surface area contributed by atoms with Crippen molar-refractivity contribution in [2.24, 2.45) is 0 Å². The van der Waals surface area contributed by atoms with Gasteiger partial charge in [0.2, 0.25) is 0 Å². The van der Waals surface area contributed by atoms with Crippen LogP contribution in [0.4, 0.5) is 0 Å². The summed E-state index contributed by atoms with van der Waals surface area (Å²) in [6, 6.07) is 33.1. The van der Waals surface area contributed by atoms with Crippen molar-refractivity contribution in [2.45, 2.75) is 76.5 Å². The average molecular weight is 501 g/mol. The van der Waals surface area contributed by atoms with Crippen molar-refractivity contribution in [3.63, 3.8) is 0 Å². The van der Waals surface area contributed by atoms with E-state index in [1.807, 2.05) is 0 Å². The molecule has 0 N–H and O–H groups in total. The smallest absolute Gasteiger partial charge is 0.0679 e. The molecule has 0 aliphatic heterocycles. The van der Waals surface area contributed by atoms with Crippen molar-refractivity contribution in [1.29, 1.82) is 0 Å². The number of hydrogen-bond acceptors (Lipinski definition) is 0. The predicted molar refractivity (Wildman–Crippen MR) is 162 cm³/mol. The molecule has 0 aromatic heterocycles. The molecule has 0 amide bonds. The van der Waals surface area contributed by atoms with Gasteiger partial charge in [0.15, 0.2) is 0 Å². The van der Waals surface area contributed by atoms with Gasteiger partial charge < -0.3 is 0 Å². The highest BCUT2D eigenvalue weighted by Crippen LogP contribution is 2.58. The van der Waals surface area contributed by atoms with Crippen LogP contribution in [0.15, 0.2) is 84.9 Å². The molecule has 4 aromatic carbocycles. The Morgan fingerprint density at radius 3 is 1.22 bits per heavy atom. The van der Waals surface area contributed by atoms with Gasteiger partial charge in [-0.3, -0.25) is 0 Å². The SMILES string of the molecule is CC(C)(C)c1ccc2c(c1)C([Si](C)(C)C1c3ccccc3-c3ccccc31)c1cc(C(C)(C)C)ccc1-2. The summed E-state index contributed by atoms with van der Waals surface area (Å²) in [5.74, 6) is 0. The Labute approximate surface area is 224 Å². The van der Waals surface area contributed by atoms with E-state index in [-0.39, 0.29) is 10.8 Å². The molecule has 2 aliphatic rings. The predicted octanol–water partition coefficient (Wildman–Crippen LogP) is 9.99. The molecule has 188 valence electrons. The molecule has 0 saturated carbocycles. The van der Waals surface area contributed by atoms with Crippen molar-refractivity contribution in [3.05, 3.63) is 118 Å². The molecule has 0 atom stereocenters. The molecule has 0 radical (unpaired) electrons. The average Bonchev–Trinajstić information content (AvgIpc) is 3.36. The van der Waals surface area contributed by atoms with E-state index in [4.69, 9.17) is 0 Å². The summed E-state index contributed by atoms with van der Waals surface area (Å²) in [6.45, 7) is 19.4. The van der Waals surface area contributed by atoms with E-state index in [9.17, 15) is 0 Å². The largest absolute Gasteiger partial charge is 0.0731 e. The minimum Gasteiger partial charge on any atom is -0.0679 e. The van der Waals surface area contributed by atoms with Gasteiger partial charge >= 0.3 is 0 Å². The minimum absolute atomic E-state index is 0.128. The van der Waals surface area contributed by atoms with Crippen molar-refractivity contribution in [2.75, 3.05) is 0 Å². The zero-order valence-corrected chi connectivity index (χ0v) is 24.7. The molecule has 1 heteroatoms. The normalized spacial score (nSPS) is 15.4. The first-order valence-corrected chi connectivity index (χ1v) is 17.0. The van der Waals surface area contributed by atoms with Crippen molar-refractivity contribution in [3.8, 4) is 22.3 Å². The van der Waals surface area contributed by atoms with Gasteiger partial charge in [-0.15, -0.1) is 0 Å². The van der Waals surface area contributed by atoms with E-state index in [1.165, 1.54) is 44.5 Å². The Morgan fingerprint density at radius 1 is 0.459 bits per heavy atom. The van der Waals surface area contributed by atoms with Gasteiger partial charge in [-0.2, -0.15) is 0 Å². The van der Waals surface area contributed by atoms with Gasteiger partial charge in [-0.1, -0.05) is 140 Å². The second-order valence-electron chi connectivity index (χ2n) is 14.0. The lowest BCUT2D eigenvalue weighted by Crippen LogP contribution is -2.42. The summed E-state index contributed by atoms with van der Waals surface area (Å²) in [6.07, 6.45) is 0. The Hall–Kier alpha value is -2.90. The summed E-state index contributed by atoms with van der Waals surface area (Å²) in [4.78, 5) is 0. The first-order valence-electron chi connectivity index (χ1n) is 13.9. The molecular weight excluding hydrogens is 460 g/mol. The number of hydrogen-bond donors (Lipinski definition) is 0.